The molecule has 0 aliphatic heterocycles. The second kappa shape index (κ2) is 7.48. The molecule has 0 saturated carbocycles. The highest BCUT2D eigenvalue weighted by Crippen LogP contribution is 2.30. The maximum Gasteiger partial charge on any atom is 0.273 e. The average molecular weight is 384 g/mol. The molecule has 0 saturated heterocycles. The van der Waals surface area contributed by atoms with E-state index in [9.17, 15) is 20.2 Å². The number of hydrogen-bond donors (Lipinski definition) is 0. The third-order valence-corrected chi connectivity index (χ3v) is 4.54. The molecule has 0 amide bonds. The highest BCUT2D eigenvalue weighted by Gasteiger charge is 2.25. The standard InChI is InChI=1S/C19H14ClN3O4/c1-22-16-5-3-2-4-12(16)8-17(22)14(10-21)18(24)11-27-19-9-13(23(25)26)6-7-15(19)20/h2-9,14H,11H2,1H3. The van der Waals surface area contributed by atoms with Crippen molar-refractivity contribution < 1.29 is 14.5 Å². The number of halogens is 1. The minimum Gasteiger partial charge on any atom is -0.484 e. The second-order valence-corrected chi connectivity index (χ2v) is 6.28. The van der Waals surface area contributed by atoms with Gasteiger partial charge in [-0.2, -0.15) is 5.26 Å². The van der Waals surface area contributed by atoms with Crippen molar-refractivity contribution in [1.29, 1.82) is 5.26 Å². The summed E-state index contributed by atoms with van der Waals surface area (Å²) in [7, 11) is 1.79. The van der Waals surface area contributed by atoms with E-state index in [0.717, 1.165) is 17.0 Å². The molecule has 8 heteroatoms. The zero-order chi connectivity index (χ0) is 19.6. The minimum atomic E-state index is -1.03. The van der Waals surface area contributed by atoms with E-state index in [1.54, 1.807) is 17.7 Å². The van der Waals surface area contributed by atoms with E-state index in [4.69, 9.17) is 16.3 Å². The van der Waals surface area contributed by atoms with Crippen molar-refractivity contribution in [3.8, 4) is 11.8 Å². The molecule has 3 aromatic rings. The molecular weight excluding hydrogens is 370 g/mol. The number of aryl methyl sites for hydroxylation is 1. The van der Waals surface area contributed by atoms with Gasteiger partial charge in [-0.3, -0.25) is 14.9 Å². The van der Waals surface area contributed by atoms with E-state index in [0.29, 0.717) is 5.69 Å². The maximum atomic E-state index is 12.6. The number of ketones is 1. The summed E-state index contributed by atoms with van der Waals surface area (Å²) in [5.74, 6) is -1.47. The summed E-state index contributed by atoms with van der Waals surface area (Å²) in [5, 5.41) is 21.4. The molecule has 7 nitrogen and oxygen atoms in total. The van der Waals surface area contributed by atoms with Crippen molar-refractivity contribution in [2.24, 2.45) is 7.05 Å². The number of carbonyl (C=O) groups excluding carboxylic acids is 1. The second-order valence-electron chi connectivity index (χ2n) is 5.88. The number of non-ortho nitro benzene ring substituents is 1. The summed E-state index contributed by atoms with van der Waals surface area (Å²) in [6, 6.07) is 15.1. The van der Waals surface area contributed by atoms with E-state index in [2.05, 4.69) is 0 Å². The van der Waals surface area contributed by atoms with Crippen molar-refractivity contribution in [3.05, 3.63) is 69.4 Å². The molecule has 0 bridgehead atoms. The van der Waals surface area contributed by atoms with Gasteiger partial charge in [0.05, 0.1) is 22.1 Å². The van der Waals surface area contributed by atoms with Gasteiger partial charge in [0.2, 0.25) is 0 Å². The molecule has 2 aromatic carbocycles. The monoisotopic (exact) mass is 383 g/mol. The number of rotatable bonds is 6. The van der Waals surface area contributed by atoms with Crippen LogP contribution in [0.15, 0.2) is 48.5 Å². The SMILES string of the molecule is Cn1c(C(C#N)C(=O)COc2cc([N+](=O)[O-])ccc2Cl)cc2ccccc21. The lowest BCUT2D eigenvalue weighted by molar-refractivity contribution is -0.384. The van der Waals surface area contributed by atoms with Crippen LogP contribution >= 0.6 is 11.6 Å². The molecule has 0 fully saturated rings. The first-order valence-corrected chi connectivity index (χ1v) is 8.33. The van der Waals surface area contributed by atoms with Gasteiger partial charge in [0.1, 0.15) is 18.3 Å². The molecule has 1 atom stereocenters. The van der Waals surface area contributed by atoms with E-state index in [1.165, 1.54) is 12.1 Å². The summed E-state index contributed by atoms with van der Waals surface area (Å²) in [5.41, 5.74) is 1.26. The Hall–Kier alpha value is -3.37. The lowest BCUT2D eigenvalue weighted by Crippen LogP contribution is -2.21. The van der Waals surface area contributed by atoms with Gasteiger partial charge < -0.3 is 9.30 Å². The smallest absolute Gasteiger partial charge is 0.273 e. The number of aromatic nitrogens is 1. The van der Waals surface area contributed by atoms with Gasteiger partial charge in [0, 0.05) is 24.3 Å². The van der Waals surface area contributed by atoms with Crippen LogP contribution in [0.3, 0.4) is 0 Å². The molecule has 1 unspecified atom stereocenters. The molecule has 136 valence electrons. The molecule has 0 aliphatic carbocycles. The van der Waals surface area contributed by atoms with E-state index < -0.39 is 23.2 Å². The van der Waals surface area contributed by atoms with Crippen molar-refractivity contribution in [3.63, 3.8) is 0 Å². The summed E-state index contributed by atoms with van der Waals surface area (Å²) < 4.78 is 7.15. The first kappa shape index (κ1) is 18.4. The Morgan fingerprint density at radius 1 is 1.33 bits per heavy atom. The quantitative estimate of drug-likeness (QED) is 0.473. The number of nitro benzene ring substituents is 1. The molecule has 1 aromatic heterocycles. The van der Waals surface area contributed by atoms with Crippen LogP contribution in [0.5, 0.6) is 5.75 Å². The molecule has 0 N–H and O–H groups in total. The van der Waals surface area contributed by atoms with Crippen LogP contribution in [0.4, 0.5) is 5.69 Å². The molecule has 0 aliphatic rings. The number of carbonyl (C=O) groups is 1. The molecule has 0 spiro atoms. The van der Waals surface area contributed by atoms with Gasteiger partial charge >= 0.3 is 0 Å². The van der Waals surface area contributed by atoms with Crippen molar-refractivity contribution >= 4 is 34.0 Å². The van der Waals surface area contributed by atoms with Crippen molar-refractivity contribution in [2.45, 2.75) is 5.92 Å². The van der Waals surface area contributed by atoms with Crippen LogP contribution in [0.25, 0.3) is 10.9 Å². The Morgan fingerprint density at radius 3 is 2.74 bits per heavy atom. The van der Waals surface area contributed by atoms with Gasteiger partial charge in [-0.1, -0.05) is 29.8 Å². The Balaban J connectivity index is 1.82. The first-order valence-electron chi connectivity index (χ1n) is 7.96. The fourth-order valence-electron chi connectivity index (χ4n) is 2.84. The molecule has 1 heterocycles. The topological polar surface area (TPSA) is 98.2 Å². The van der Waals surface area contributed by atoms with Gasteiger partial charge in [-0.05, 0) is 23.6 Å². The van der Waals surface area contributed by atoms with Crippen LogP contribution in [-0.4, -0.2) is 21.9 Å². The number of nitriles is 1. The lowest BCUT2D eigenvalue weighted by Gasteiger charge is -2.12. The van der Waals surface area contributed by atoms with Crippen LogP contribution in [-0.2, 0) is 11.8 Å². The third-order valence-electron chi connectivity index (χ3n) is 4.23. The summed E-state index contributed by atoms with van der Waals surface area (Å²) in [4.78, 5) is 22.8. The zero-order valence-electron chi connectivity index (χ0n) is 14.3. The molecule has 27 heavy (non-hydrogen) atoms. The van der Waals surface area contributed by atoms with Gasteiger partial charge in [0.15, 0.2) is 5.78 Å². The Kier molecular flexibility index (Phi) is 5.10. The highest BCUT2D eigenvalue weighted by atomic mass is 35.5. The molecular formula is C19H14ClN3O4. The van der Waals surface area contributed by atoms with Crippen LogP contribution < -0.4 is 4.74 Å². The zero-order valence-corrected chi connectivity index (χ0v) is 15.0. The Morgan fingerprint density at radius 2 is 2.07 bits per heavy atom. The number of fused-ring (bicyclic) bond motifs is 1. The lowest BCUT2D eigenvalue weighted by atomic mass is 10.0. The number of nitrogens with zero attached hydrogens (tertiary/aromatic N) is 3. The number of ether oxygens (including phenoxy) is 1. The summed E-state index contributed by atoms with van der Waals surface area (Å²) in [6.45, 7) is -0.430. The fraction of sp³-hybridized carbons (Fsp3) is 0.158. The predicted octanol–water partition coefficient (Wildman–Crippen LogP) is 4.00. The fourth-order valence-corrected chi connectivity index (χ4v) is 3.01. The Bertz CT molecular complexity index is 1080. The van der Waals surface area contributed by atoms with E-state index in [-0.39, 0.29) is 16.5 Å². The minimum absolute atomic E-state index is 0.0212. The Labute approximate surface area is 159 Å². The summed E-state index contributed by atoms with van der Waals surface area (Å²) >= 11 is 5.97. The van der Waals surface area contributed by atoms with Crippen LogP contribution in [0, 0.1) is 21.4 Å². The number of hydrogen-bond acceptors (Lipinski definition) is 5. The largest absolute Gasteiger partial charge is 0.484 e. The number of nitro groups is 1. The maximum absolute atomic E-state index is 12.6. The van der Waals surface area contributed by atoms with E-state index >= 15 is 0 Å². The van der Waals surface area contributed by atoms with Crippen LogP contribution in [0.1, 0.15) is 11.6 Å². The number of para-hydroxylation sites is 1. The third kappa shape index (κ3) is 3.61. The number of Topliss-reactive ketones (excluding diaryl/α,β-unsaturated/α-hetero) is 1. The van der Waals surface area contributed by atoms with Crippen molar-refractivity contribution in [2.75, 3.05) is 6.61 Å². The van der Waals surface area contributed by atoms with Crippen LogP contribution in [0.2, 0.25) is 5.02 Å². The van der Waals surface area contributed by atoms with E-state index in [1.807, 2.05) is 30.3 Å². The highest BCUT2D eigenvalue weighted by molar-refractivity contribution is 6.32. The molecule has 0 radical (unpaired) electrons. The first-order chi connectivity index (χ1) is 12.9. The normalized spacial score (nSPS) is 11.7. The van der Waals surface area contributed by atoms with Crippen molar-refractivity contribution in [1.82, 2.24) is 4.57 Å². The summed E-state index contributed by atoms with van der Waals surface area (Å²) in [6.07, 6.45) is 0. The average Bonchev–Trinajstić information content (AvgIpc) is 2.98. The molecule has 3 rings (SSSR count). The van der Waals surface area contributed by atoms with Gasteiger partial charge in [-0.15, -0.1) is 0 Å². The number of benzene rings is 2. The van der Waals surface area contributed by atoms with Gasteiger partial charge in [0.25, 0.3) is 5.69 Å². The van der Waals surface area contributed by atoms with Gasteiger partial charge in [-0.25, -0.2) is 0 Å². The predicted molar refractivity (Wildman–Crippen MR) is 99.9 cm³/mol.